The van der Waals surface area contributed by atoms with Crippen molar-refractivity contribution in [2.45, 2.75) is 26.7 Å². The predicted octanol–water partition coefficient (Wildman–Crippen LogP) is 6.07. The Labute approximate surface area is 199 Å². The first-order chi connectivity index (χ1) is 16.2. The monoisotopic (exact) mass is 420 g/mol. The van der Waals surface area contributed by atoms with Gasteiger partial charge in [0.2, 0.25) is 0 Å². The molecule has 0 aliphatic carbocycles. The average molecular weight is 420 g/mol. The summed E-state index contributed by atoms with van der Waals surface area (Å²) < 4.78 is 0. The molecule has 0 saturated carbocycles. The van der Waals surface area contributed by atoms with Crippen LogP contribution in [-0.4, -0.2) is 7.85 Å². The van der Waals surface area contributed by atoms with E-state index in [1.807, 2.05) is 54.6 Å². The number of hydrogen-bond donors (Lipinski definition) is 0. The van der Waals surface area contributed by atoms with E-state index in [0.29, 0.717) is 0 Å². The molecule has 0 fully saturated rings. The second-order valence-electron chi connectivity index (χ2n) is 7.94. The standard InChI is InChI=1S/C32H25B/c1-3-26-22-30(18-16-28(26)14-10-24-8-6-5-7-9-24)31-19-17-29(27(4-2)23-31)15-11-25-12-20-32(33)21-13-25/h5-9,12-13,16-23H,3-4H2,1-2H3. The van der Waals surface area contributed by atoms with Gasteiger partial charge in [-0.2, -0.15) is 0 Å². The summed E-state index contributed by atoms with van der Waals surface area (Å²) in [4.78, 5) is 0. The first-order valence-corrected chi connectivity index (χ1v) is 11.4. The highest BCUT2D eigenvalue weighted by molar-refractivity contribution is 6.32. The van der Waals surface area contributed by atoms with Crippen LogP contribution in [0.3, 0.4) is 0 Å². The third-order valence-corrected chi connectivity index (χ3v) is 5.67. The highest BCUT2D eigenvalue weighted by Crippen LogP contribution is 2.26. The van der Waals surface area contributed by atoms with E-state index >= 15 is 0 Å². The summed E-state index contributed by atoms with van der Waals surface area (Å²) in [5, 5.41) is 0. The van der Waals surface area contributed by atoms with Crippen molar-refractivity contribution < 1.29 is 0 Å². The van der Waals surface area contributed by atoms with Crippen molar-refractivity contribution in [3.8, 4) is 34.8 Å². The van der Waals surface area contributed by atoms with Crippen LogP contribution >= 0.6 is 0 Å². The first-order valence-electron chi connectivity index (χ1n) is 11.4. The van der Waals surface area contributed by atoms with Crippen LogP contribution in [0.1, 0.15) is 47.2 Å². The fraction of sp³-hybridized carbons (Fsp3) is 0.125. The Bertz CT molecular complexity index is 1370. The van der Waals surface area contributed by atoms with Crippen molar-refractivity contribution in [1.29, 1.82) is 0 Å². The third kappa shape index (κ3) is 5.66. The summed E-state index contributed by atoms with van der Waals surface area (Å²) in [7, 11) is 5.77. The third-order valence-electron chi connectivity index (χ3n) is 5.67. The van der Waals surface area contributed by atoms with Gasteiger partial charge in [0.05, 0.1) is 0 Å². The molecule has 33 heavy (non-hydrogen) atoms. The molecular weight excluding hydrogens is 395 g/mol. The lowest BCUT2D eigenvalue weighted by atomic mass is 9.94. The molecule has 4 aromatic carbocycles. The topological polar surface area (TPSA) is 0 Å². The van der Waals surface area contributed by atoms with Crippen LogP contribution in [0, 0.1) is 23.7 Å². The summed E-state index contributed by atoms with van der Waals surface area (Å²) in [6.07, 6.45) is 1.87. The van der Waals surface area contributed by atoms with E-state index in [-0.39, 0.29) is 0 Å². The normalized spacial score (nSPS) is 10.0. The molecule has 0 bridgehead atoms. The van der Waals surface area contributed by atoms with Crippen LogP contribution in [-0.2, 0) is 12.8 Å². The zero-order chi connectivity index (χ0) is 23.0. The van der Waals surface area contributed by atoms with Gasteiger partial charge < -0.3 is 0 Å². The number of rotatable bonds is 3. The van der Waals surface area contributed by atoms with E-state index in [1.54, 1.807) is 0 Å². The van der Waals surface area contributed by atoms with Crippen LogP contribution < -0.4 is 5.46 Å². The van der Waals surface area contributed by atoms with Crippen molar-refractivity contribution in [3.63, 3.8) is 0 Å². The molecule has 156 valence electrons. The maximum Gasteiger partial charge on any atom is 0.113 e. The summed E-state index contributed by atoms with van der Waals surface area (Å²) >= 11 is 0. The minimum Gasteiger partial charge on any atom is -0.0966 e. The molecular formula is C32H25B. The SMILES string of the molecule is [B]c1ccc(C#Cc2ccc(-c3ccc(C#Cc4ccccc4)c(CC)c3)cc2CC)cc1. The molecule has 0 amide bonds. The van der Waals surface area contributed by atoms with E-state index in [4.69, 9.17) is 7.85 Å². The Balaban J connectivity index is 1.62. The molecule has 2 radical (unpaired) electrons. The minimum atomic E-state index is 0.752. The predicted molar refractivity (Wildman–Crippen MR) is 141 cm³/mol. The Morgan fingerprint density at radius 2 is 1.03 bits per heavy atom. The smallest absolute Gasteiger partial charge is 0.0966 e. The molecule has 0 saturated heterocycles. The molecule has 4 rings (SSSR count). The molecule has 0 aliphatic rings. The van der Waals surface area contributed by atoms with Gasteiger partial charge in [0.15, 0.2) is 0 Å². The van der Waals surface area contributed by atoms with Gasteiger partial charge in [0.25, 0.3) is 0 Å². The van der Waals surface area contributed by atoms with Gasteiger partial charge in [-0.15, -0.1) is 0 Å². The van der Waals surface area contributed by atoms with E-state index in [9.17, 15) is 0 Å². The van der Waals surface area contributed by atoms with E-state index < -0.39 is 0 Å². The Morgan fingerprint density at radius 1 is 0.545 bits per heavy atom. The van der Waals surface area contributed by atoms with E-state index in [2.05, 4.69) is 73.9 Å². The van der Waals surface area contributed by atoms with Crippen LogP contribution in [0.2, 0.25) is 0 Å². The molecule has 0 atom stereocenters. The highest BCUT2D eigenvalue weighted by atomic mass is 14.1. The molecule has 0 N–H and O–H groups in total. The van der Waals surface area contributed by atoms with Crippen LogP contribution in [0.5, 0.6) is 0 Å². The fourth-order valence-electron chi connectivity index (χ4n) is 3.74. The van der Waals surface area contributed by atoms with Crippen molar-refractivity contribution in [3.05, 3.63) is 124 Å². The van der Waals surface area contributed by atoms with Gasteiger partial charge in [0, 0.05) is 22.3 Å². The number of hydrogen-bond acceptors (Lipinski definition) is 0. The van der Waals surface area contributed by atoms with Gasteiger partial charge in [-0.1, -0.05) is 85.5 Å². The van der Waals surface area contributed by atoms with Crippen LogP contribution in [0.4, 0.5) is 0 Å². The number of benzene rings is 4. The molecule has 0 spiro atoms. The summed E-state index contributed by atoms with van der Waals surface area (Å²) in [5.74, 6) is 13.2. The minimum absolute atomic E-state index is 0.752. The maximum atomic E-state index is 5.77. The zero-order valence-corrected chi connectivity index (χ0v) is 19.2. The lowest BCUT2D eigenvalue weighted by Crippen LogP contribution is -1.99. The van der Waals surface area contributed by atoms with Crippen LogP contribution in [0.25, 0.3) is 11.1 Å². The summed E-state index contributed by atoms with van der Waals surface area (Å²) in [5.41, 5.74) is 9.85. The summed E-state index contributed by atoms with van der Waals surface area (Å²) in [6, 6.07) is 30.9. The van der Waals surface area contributed by atoms with Gasteiger partial charge in [-0.3, -0.25) is 0 Å². The van der Waals surface area contributed by atoms with Crippen molar-refractivity contribution >= 4 is 13.3 Å². The molecule has 0 aromatic heterocycles. The van der Waals surface area contributed by atoms with Gasteiger partial charge in [-0.05, 0) is 83.6 Å². The lowest BCUT2D eigenvalue weighted by molar-refractivity contribution is 1.12. The molecule has 4 aromatic rings. The van der Waals surface area contributed by atoms with Crippen molar-refractivity contribution in [1.82, 2.24) is 0 Å². The molecule has 0 unspecified atom stereocenters. The van der Waals surface area contributed by atoms with Crippen molar-refractivity contribution in [2.24, 2.45) is 0 Å². The summed E-state index contributed by atoms with van der Waals surface area (Å²) in [6.45, 7) is 4.35. The Hall–Kier alpha value is -3.94. The average Bonchev–Trinajstić information content (AvgIpc) is 2.87. The molecule has 1 heteroatoms. The largest absolute Gasteiger partial charge is 0.113 e. The van der Waals surface area contributed by atoms with E-state index in [1.165, 1.54) is 22.3 Å². The molecule has 0 heterocycles. The van der Waals surface area contributed by atoms with Gasteiger partial charge in [-0.25, -0.2) is 0 Å². The lowest BCUT2D eigenvalue weighted by Gasteiger charge is -2.10. The second kappa shape index (κ2) is 10.6. The van der Waals surface area contributed by atoms with Crippen LogP contribution in [0.15, 0.2) is 91.0 Å². The van der Waals surface area contributed by atoms with Crippen molar-refractivity contribution in [2.75, 3.05) is 0 Å². The fourth-order valence-corrected chi connectivity index (χ4v) is 3.74. The van der Waals surface area contributed by atoms with E-state index in [0.717, 1.165) is 40.6 Å². The Kier molecular flexibility index (Phi) is 7.14. The molecule has 0 aliphatic heterocycles. The van der Waals surface area contributed by atoms with Gasteiger partial charge in [0.1, 0.15) is 7.85 Å². The quantitative estimate of drug-likeness (QED) is 0.279. The first kappa shape index (κ1) is 22.3. The zero-order valence-electron chi connectivity index (χ0n) is 19.2. The number of aryl methyl sites for hydroxylation is 2. The highest BCUT2D eigenvalue weighted by Gasteiger charge is 2.06. The Morgan fingerprint density at radius 3 is 1.52 bits per heavy atom. The van der Waals surface area contributed by atoms with Gasteiger partial charge >= 0.3 is 0 Å². The second-order valence-corrected chi connectivity index (χ2v) is 7.94. The molecule has 0 nitrogen and oxygen atoms in total. The maximum absolute atomic E-state index is 5.77.